The van der Waals surface area contributed by atoms with Crippen molar-refractivity contribution in [2.75, 3.05) is 20.7 Å². The number of nitrogens with two attached hydrogens (primary N) is 1. The van der Waals surface area contributed by atoms with Gasteiger partial charge >= 0.3 is 12.0 Å². The highest BCUT2D eigenvalue weighted by Crippen LogP contribution is 2.52. The highest BCUT2D eigenvalue weighted by Gasteiger charge is 2.75. The van der Waals surface area contributed by atoms with Crippen LogP contribution in [0.1, 0.15) is 52.6 Å². The fourth-order valence-corrected chi connectivity index (χ4v) is 5.82. The number of rotatable bonds is 8. The van der Waals surface area contributed by atoms with Crippen molar-refractivity contribution in [3.05, 3.63) is 64.7 Å². The maximum atomic E-state index is 13.1. The number of hydrogen-bond donors (Lipinski definition) is 6. The van der Waals surface area contributed by atoms with Gasteiger partial charge in [-0.2, -0.15) is 0 Å². The molecule has 2 amide bonds. The fraction of sp³-hybridized carbons (Fsp3) is 0.483. The van der Waals surface area contributed by atoms with Gasteiger partial charge in [0.05, 0.1) is 6.10 Å². The molecular weight excluding hydrogens is 518 g/mol. The summed E-state index contributed by atoms with van der Waals surface area (Å²) in [5, 5.41) is 48.2. The number of nitrogens with one attached hydrogen (secondary N) is 1. The van der Waals surface area contributed by atoms with Gasteiger partial charge < -0.3 is 41.1 Å². The standard InChI is InChI=1S/C29H39N3O8/c1-16-9-7-12-22(35)23(16)25(36)40-15-28(39)21(14-19-10-8-11-20(13-19)17(2)33)24(30)29(18(3)34,27(28,4)38)31-26(37)32(5)6/h7-13,18,21,24,34-35,38-39H,14-15,30H2,1-6H3,(H,31,37)/t18-,21-,24-,27-,28+,29-/m0/s1. The maximum absolute atomic E-state index is 13.1. The molecule has 0 spiro atoms. The van der Waals surface area contributed by atoms with Crippen molar-refractivity contribution in [2.24, 2.45) is 11.7 Å². The molecule has 1 aliphatic rings. The van der Waals surface area contributed by atoms with Crippen LogP contribution in [0.3, 0.4) is 0 Å². The first-order valence-electron chi connectivity index (χ1n) is 12.9. The van der Waals surface area contributed by atoms with Gasteiger partial charge in [0, 0.05) is 31.6 Å². The number of aliphatic hydroxyl groups excluding tert-OH is 1. The molecule has 2 aromatic rings. The van der Waals surface area contributed by atoms with Crippen molar-refractivity contribution in [1.29, 1.82) is 0 Å². The molecule has 11 heteroatoms. The van der Waals surface area contributed by atoms with Crippen LogP contribution in [0.4, 0.5) is 4.79 Å². The summed E-state index contributed by atoms with van der Waals surface area (Å²) in [5.74, 6) is -2.54. The lowest BCUT2D eigenvalue weighted by Crippen LogP contribution is -2.76. The van der Waals surface area contributed by atoms with Crippen LogP contribution in [0, 0.1) is 12.8 Å². The molecule has 218 valence electrons. The van der Waals surface area contributed by atoms with Gasteiger partial charge in [0.15, 0.2) is 5.78 Å². The number of Topliss-reactive ketones (excluding diaryl/α,β-unsaturated/α-hetero) is 1. The van der Waals surface area contributed by atoms with Crippen molar-refractivity contribution < 1.29 is 39.5 Å². The summed E-state index contributed by atoms with van der Waals surface area (Å²) in [4.78, 5) is 39.1. The van der Waals surface area contributed by atoms with E-state index in [0.717, 1.165) is 0 Å². The summed E-state index contributed by atoms with van der Waals surface area (Å²) in [5.41, 5.74) is 1.38. The van der Waals surface area contributed by atoms with Crippen LogP contribution in [0.25, 0.3) is 0 Å². The molecule has 2 aromatic carbocycles. The van der Waals surface area contributed by atoms with Crippen molar-refractivity contribution in [3.8, 4) is 5.75 Å². The summed E-state index contributed by atoms with van der Waals surface area (Å²) in [6, 6.07) is 9.19. The zero-order valence-corrected chi connectivity index (χ0v) is 23.6. The van der Waals surface area contributed by atoms with Crippen LogP contribution in [-0.2, 0) is 11.2 Å². The Bertz CT molecular complexity index is 1270. The minimum atomic E-state index is -2.35. The highest BCUT2D eigenvalue weighted by molar-refractivity contribution is 5.94. The molecule has 11 nitrogen and oxygen atoms in total. The van der Waals surface area contributed by atoms with Gasteiger partial charge in [-0.3, -0.25) is 4.79 Å². The molecular formula is C29H39N3O8. The average molecular weight is 558 g/mol. The molecule has 0 radical (unpaired) electrons. The number of aryl methyl sites for hydroxylation is 1. The van der Waals surface area contributed by atoms with Crippen molar-refractivity contribution >= 4 is 17.8 Å². The van der Waals surface area contributed by atoms with Gasteiger partial charge in [0.2, 0.25) is 0 Å². The molecule has 40 heavy (non-hydrogen) atoms. The summed E-state index contributed by atoms with van der Waals surface area (Å²) >= 11 is 0. The predicted octanol–water partition coefficient (Wildman–Crippen LogP) is 1.13. The Morgan fingerprint density at radius 1 is 1.15 bits per heavy atom. The van der Waals surface area contributed by atoms with E-state index in [1.54, 1.807) is 43.3 Å². The number of esters is 1. The number of benzene rings is 2. The number of ketones is 1. The smallest absolute Gasteiger partial charge is 0.342 e. The number of aliphatic hydroxyl groups is 3. The second-order valence-corrected chi connectivity index (χ2v) is 11.0. The first-order chi connectivity index (χ1) is 18.5. The third-order valence-corrected chi connectivity index (χ3v) is 8.27. The van der Waals surface area contributed by atoms with Gasteiger partial charge in [-0.05, 0) is 57.4 Å². The first kappa shape index (κ1) is 31.0. The van der Waals surface area contributed by atoms with E-state index in [0.29, 0.717) is 16.7 Å². The van der Waals surface area contributed by atoms with E-state index in [2.05, 4.69) is 5.32 Å². The van der Waals surface area contributed by atoms with Crippen LogP contribution in [-0.4, -0.2) is 92.7 Å². The molecule has 0 bridgehead atoms. The minimum absolute atomic E-state index is 0.00555. The van der Waals surface area contributed by atoms with Crippen molar-refractivity contribution in [1.82, 2.24) is 10.2 Å². The Balaban J connectivity index is 2.13. The minimum Gasteiger partial charge on any atom is -0.507 e. The molecule has 7 N–H and O–H groups in total. The molecule has 1 aliphatic carbocycles. The number of carbonyl (C=O) groups excluding carboxylic acids is 3. The second-order valence-electron chi connectivity index (χ2n) is 11.0. The Morgan fingerprint density at radius 3 is 2.33 bits per heavy atom. The van der Waals surface area contributed by atoms with Crippen molar-refractivity contribution in [2.45, 2.75) is 63.0 Å². The number of amides is 2. The lowest BCUT2D eigenvalue weighted by Gasteiger charge is -2.49. The molecule has 3 rings (SSSR count). The number of urea groups is 1. The maximum Gasteiger partial charge on any atom is 0.342 e. The molecule has 1 saturated carbocycles. The Kier molecular flexibility index (Phi) is 8.66. The largest absolute Gasteiger partial charge is 0.507 e. The van der Waals surface area contributed by atoms with Gasteiger partial charge in [-0.1, -0.05) is 30.3 Å². The van der Waals surface area contributed by atoms with Crippen LogP contribution in [0.2, 0.25) is 0 Å². The van der Waals surface area contributed by atoms with Crippen LogP contribution in [0.5, 0.6) is 5.75 Å². The van der Waals surface area contributed by atoms with E-state index >= 15 is 0 Å². The van der Waals surface area contributed by atoms with Crippen LogP contribution >= 0.6 is 0 Å². The summed E-state index contributed by atoms with van der Waals surface area (Å²) in [7, 11) is 2.93. The third kappa shape index (κ3) is 5.05. The van der Waals surface area contributed by atoms with E-state index in [9.17, 15) is 34.8 Å². The first-order valence-corrected chi connectivity index (χ1v) is 12.9. The Morgan fingerprint density at radius 2 is 1.77 bits per heavy atom. The second kappa shape index (κ2) is 11.2. The lowest BCUT2D eigenvalue weighted by molar-refractivity contribution is -0.195. The summed E-state index contributed by atoms with van der Waals surface area (Å²) in [6.07, 6.45) is -1.48. The predicted molar refractivity (Wildman–Crippen MR) is 147 cm³/mol. The van der Waals surface area contributed by atoms with E-state index in [1.165, 1.54) is 45.8 Å². The molecule has 0 saturated heterocycles. The Labute approximate surface area is 233 Å². The van der Waals surface area contributed by atoms with E-state index in [1.807, 2.05) is 0 Å². The van der Waals surface area contributed by atoms with Gasteiger partial charge in [-0.25, -0.2) is 9.59 Å². The quantitative estimate of drug-likeness (QED) is 0.205. The van der Waals surface area contributed by atoms with Gasteiger partial charge in [-0.15, -0.1) is 0 Å². The fourth-order valence-electron chi connectivity index (χ4n) is 5.82. The zero-order valence-electron chi connectivity index (χ0n) is 23.6. The van der Waals surface area contributed by atoms with E-state index in [4.69, 9.17) is 10.5 Å². The molecule has 0 aromatic heterocycles. The number of nitrogens with zero attached hydrogens (tertiary/aromatic N) is 1. The molecule has 6 atom stereocenters. The van der Waals surface area contributed by atoms with Gasteiger partial charge in [0.25, 0.3) is 0 Å². The molecule has 0 aliphatic heterocycles. The average Bonchev–Trinajstić information content (AvgIpc) is 2.99. The number of aromatic hydroxyl groups is 1. The topological polar surface area (TPSA) is 183 Å². The summed E-state index contributed by atoms with van der Waals surface area (Å²) < 4.78 is 5.49. The number of phenols is 1. The highest BCUT2D eigenvalue weighted by atomic mass is 16.5. The normalized spacial score (nSPS) is 28.6. The van der Waals surface area contributed by atoms with E-state index in [-0.39, 0.29) is 23.5 Å². The molecule has 0 unspecified atom stereocenters. The Hall–Kier alpha value is -3.51. The number of carbonyl (C=O) groups is 3. The van der Waals surface area contributed by atoms with Crippen molar-refractivity contribution in [3.63, 3.8) is 0 Å². The SMILES string of the molecule is CC(=O)c1cccc(C[C@H]2[C@H](N)[C@@](NC(=O)N(C)C)([C@H](C)O)[C@@](C)(O)[C@@]2(O)COC(=O)c2c(C)cccc2O)c1. The van der Waals surface area contributed by atoms with Crippen LogP contribution in [0.15, 0.2) is 42.5 Å². The number of phenolic OH excluding ortho intramolecular Hbond substituents is 1. The third-order valence-electron chi connectivity index (χ3n) is 8.27. The molecule has 0 heterocycles. The van der Waals surface area contributed by atoms with Gasteiger partial charge in [0.1, 0.15) is 34.7 Å². The molecule has 1 fully saturated rings. The van der Waals surface area contributed by atoms with Crippen LogP contribution < -0.4 is 11.1 Å². The van der Waals surface area contributed by atoms with E-state index < -0.39 is 53.4 Å². The summed E-state index contributed by atoms with van der Waals surface area (Å²) in [6.45, 7) is 4.79. The number of ether oxygens (including phenoxy) is 1. The lowest BCUT2D eigenvalue weighted by atomic mass is 9.73. The number of hydrogen-bond acceptors (Lipinski definition) is 9. The monoisotopic (exact) mass is 557 g/mol. The zero-order chi connectivity index (χ0) is 30.2.